The minimum atomic E-state index is -0.355. The van der Waals surface area contributed by atoms with Gasteiger partial charge in [-0.25, -0.2) is 9.78 Å². The van der Waals surface area contributed by atoms with Crippen LogP contribution < -0.4 is 4.74 Å². The van der Waals surface area contributed by atoms with Crippen molar-refractivity contribution >= 4 is 12.0 Å². The molecule has 0 fully saturated rings. The van der Waals surface area contributed by atoms with Gasteiger partial charge in [-0.05, 0) is 63.6 Å². The number of carbonyl (C=O) groups is 1. The van der Waals surface area contributed by atoms with Crippen LogP contribution in [0.3, 0.4) is 0 Å². The highest BCUT2D eigenvalue weighted by Crippen LogP contribution is 2.23. The minimum Gasteiger partial charge on any atom is -0.487 e. The van der Waals surface area contributed by atoms with E-state index < -0.39 is 0 Å². The first-order valence-electron chi connectivity index (χ1n) is 11.6. The molecule has 7 nitrogen and oxygen atoms in total. The Hall–Kier alpha value is -4.13. The van der Waals surface area contributed by atoms with Gasteiger partial charge in [0, 0.05) is 22.9 Å². The van der Waals surface area contributed by atoms with Crippen molar-refractivity contribution in [3.05, 3.63) is 94.6 Å². The van der Waals surface area contributed by atoms with Gasteiger partial charge in [0.1, 0.15) is 23.8 Å². The fourth-order valence-corrected chi connectivity index (χ4v) is 3.73. The predicted octanol–water partition coefficient (Wildman–Crippen LogP) is 5.67. The number of nitrogens with zero attached hydrogens (tertiary/aromatic N) is 3. The zero-order valence-corrected chi connectivity index (χ0v) is 20.4. The van der Waals surface area contributed by atoms with Gasteiger partial charge in [0.15, 0.2) is 0 Å². The first-order chi connectivity index (χ1) is 16.9. The van der Waals surface area contributed by atoms with E-state index >= 15 is 0 Å². The van der Waals surface area contributed by atoms with E-state index in [4.69, 9.17) is 13.9 Å². The molecule has 4 aromatic rings. The summed E-state index contributed by atoms with van der Waals surface area (Å²) in [7, 11) is 0. The molecular formula is C28H29N3O4. The third kappa shape index (κ3) is 5.87. The summed E-state index contributed by atoms with van der Waals surface area (Å²) >= 11 is 0. The molecule has 0 atom stereocenters. The number of aromatic nitrogens is 3. The summed E-state index contributed by atoms with van der Waals surface area (Å²) < 4.78 is 18.6. The lowest BCUT2D eigenvalue weighted by atomic mass is 10.1. The van der Waals surface area contributed by atoms with Crippen LogP contribution in [0.1, 0.15) is 40.9 Å². The van der Waals surface area contributed by atoms with Gasteiger partial charge in [-0.3, -0.25) is 4.68 Å². The molecular weight excluding hydrogens is 442 g/mol. The molecule has 0 saturated carbocycles. The Morgan fingerprint density at radius 1 is 1.06 bits per heavy atom. The SMILES string of the molecule is CCOC(=O)C=Cc1c(C)nn(Cc2ccc(OCc3nc(-c4ccccc4)oc3C)cc2)c1C. The van der Waals surface area contributed by atoms with E-state index in [0.29, 0.717) is 25.6 Å². The molecule has 7 heteroatoms. The summed E-state index contributed by atoms with van der Waals surface area (Å²) in [5.74, 6) is 1.74. The summed E-state index contributed by atoms with van der Waals surface area (Å²) in [6.45, 7) is 8.90. The number of hydrogen-bond donors (Lipinski definition) is 0. The van der Waals surface area contributed by atoms with Gasteiger partial charge in [0.2, 0.25) is 5.89 Å². The Labute approximate surface area is 205 Å². The summed E-state index contributed by atoms with van der Waals surface area (Å²) in [6, 6.07) is 17.7. The Kier molecular flexibility index (Phi) is 7.45. The van der Waals surface area contributed by atoms with Gasteiger partial charge < -0.3 is 13.9 Å². The van der Waals surface area contributed by atoms with Gasteiger partial charge >= 0.3 is 5.97 Å². The number of rotatable bonds is 9. The van der Waals surface area contributed by atoms with Crippen LogP contribution in [0.15, 0.2) is 65.1 Å². The predicted molar refractivity (Wildman–Crippen MR) is 134 cm³/mol. The zero-order chi connectivity index (χ0) is 24.8. The van der Waals surface area contributed by atoms with E-state index in [2.05, 4.69) is 10.1 Å². The number of carbonyl (C=O) groups excluding carboxylic acids is 1. The summed E-state index contributed by atoms with van der Waals surface area (Å²) in [5, 5.41) is 4.63. The van der Waals surface area contributed by atoms with Crippen molar-refractivity contribution < 1.29 is 18.7 Å². The molecule has 0 amide bonds. The van der Waals surface area contributed by atoms with Crippen molar-refractivity contribution in [3.63, 3.8) is 0 Å². The summed E-state index contributed by atoms with van der Waals surface area (Å²) in [4.78, 5) is 16.2. The van der Waals surface area contributed by atoms with E-state index in [1.807, 2.05) is 80.1 Å². The molecule has 0 unspecified atom stereocenters. The fourth-order valence-electron chi connectivity index (χ4n) is 3.73. The second kappa shape index (κ2) is 10.9. The van der Waals surface area contributed by atoms with Crippen LogP contribution in [0, 0.1) is 20.8 Å². The maximum absolute atomic E-state index is 11.6. The lowest BCUT2D eigenvalue weighted by Crippen LogP contribution is -2.04. The topological polar surface area (TPSA) is 79.4 Å². The summed E-state index contributed by atoms with van der Waals surface area (Å²) in [5.41, 5.74) is 5.58. The van der Waals surface area contributed by atoms with E-state index in [1.54, 1.807) is 13.0 Å². The van der Waals surface area contributed by atoms with Gasteiger partial charge in [0.05, 0.1) is 18.8 Å². The zero-order valence-electron chi connectivity index (χ0n) is 20.4. The molecule has 2 aromatic heterocycles. The number of oxazole rings is 1. The molecule has 0 bridgehead atoms. The Morgan fingerprint density at radius 3 is 2.51 bits per heavy atom. The molecule has 35 heavy (non-hydrogen) atoms. The van der Waals surface area contributed by atoms with Crippen molar-refractivity contribution in [3.8, 4) is 17.2 Å². The fraction of sp³-hybridized carbons (Fsp3) is 0.250. The number of benzene rings is 2. The van der Waals surface area contributed by atoms with Crippen molar-refractivity contribution in [2.24, 2.45) is 0 Å². The maximum Gasteiger partial charge on any atom is 0.330 e. The van der Waals surface area contributed by atoms with Crippen LogP contribution in [0.5, 0.6) is 5.75 Å². The Morgan fingerprint density at radius 2 is 1.80 bits per heavy atom. The molecule has 0 aliphatic carbocycles. The molecule has 2 heterocycles. The standard InChI is InChI=1S/C28H29N3O4/c1-5-33-27(32)16-15-25-19(2)30-31(20(25)3)17-22-11-13-24(14-12-22)34-18-26-21(4)35-28(29-26)23-9-7-6-8-10-23/h6-16H,5,17-18H2,1-4H3. The molecule has 0 aliphatic heterocycles. The third-order valence-electron chi connectivity index (χ3n) is 5.65. The molecule has 180 valence electrons. The molecule has 0 saturated heterocycles. The monoisotopic (exact) mass is 471 g/mol. The van der Waals surface area contributed by atoms with Crippen molar-refractivity contribution in [2.45, 2.75) is 40.8 Å². The van der Waals surface area contributed by atoms with Crippen LogP contribution in [0.25, 0.3) is 17.5 Å². The highest BCUT2D eigenvalue weighted by Gasteiger charge is 2.13. The molecule has 0 radical (unpaired) electrons. The smallest absolute Gasteiger partial charge is 0.330 e. The summed E-state index contributed by atoms with van der Waals surface area (Å²) in [6.07, 6.45) is 3.20. The van der Waals surface area contributed by atoms with Crippen molar-refractivity contribution in [1.82, 2.24) is 14.8 Å². The van der Waals surface area contributed by atoms with Crippen LogP contribution in [0.4, 0.5) is 0 Å². The van der Waals surface area contributed by atoms with Crippen molar-refractivity contribution in [2.75, 3.05) is 6.61 Å². The van der Waals surface area contributed by atoms with Crippen LogP contribution in [-0.2, 0) is 22.7 Å². The first kappa shape index (κ1) is 24.0. The van der Waals surface area contributed by atoms with Crippen LogP contribution >= 0.6 is 0 Å². The van der Waals surface area contributed by atoms with Gasteiger partial charge in [-0.1, -0.05) is 30.3 Å². The van der Waals surface area contributed by atoms with Crippen LogP contribution in [0.2, 0.25) is 0 Å². The van der Waals surface area contributed by atoms with E-state index in [9.17, 15) is 4.79 Å². The molecule has 2 aromatic carbocycles. The number of aryl methyl sites for hydroxylation is 2. The average molecular weight is 472 g/mol. The highest BCUT2D eigenvalue weighted by atomic mass is 16.5. The van der Waals surface area contributed by atoms with Crippen molar-refractivity contribution in [1.29, 1.82) is 0 Å². The molecule has 0 aliphatic rings. The van der Waals surface area contributed by atoms with E-state index in [1.165, 1.54) is 6.08 Å². The Balaban J connectivity index is 1.38. The quantitative estimate of drug-likeness (QED) is 0.231. The van der Waals surface area contributed by atoms with Crippen LogP contribution in [-0.4, -0.2) is 27.3 Å². The maximum atomic E-state index is 11.6. The first-order valence-corrected chi connectivity index (χ1v) is 11.6. The molecule has 4 rings (SSSR count). The Bertz CT molecular complexity index is 1320. The lowest BCUT2D eigenvalue weighted by molar-refractivity contribution is -0.137. The van der Waals surface area contributed by atoms with E-state index in [0.717, 1.165) is 45.3 Å². The molecule has 0 spiro atoms. The largest absolute Gasteiger partial charge is 0.487 e. The van der Waals surface area contributed by atoms with E-state index in [-0.39, 0.29) is 5.97 Å². The number of hydrogen-bond acceptors (Lipinski definition) is 6. The normalized spacial score (nSPS) is 11.2. The molecule has 0 N–H and O–H groups in total. The van der Waals surface area contributed by atoms with Gasteiger partial charge in [-0.15, -0.1) is 0 Å². The highest BCUT2D eigenvalue weighted by molar-refractivity contribution is 5.87. The van der Waals surface area contributed by atoms with Gasteiger partial charge in [0.25, 0.3) is 0 Å². The number of ether oxygens (including phenoxy) is 2. The minimum absolute atomic E-state index is 0.329. The second-order valence-electron chi connectivity index (χ2n) is 8.15. The second-order valence-corrected chi connectivity index (χ2v) is 8.15. The average Bonchev–Trinajstić information content (AvgIpc) is 3.36. The number of esters is 1. The third-order valence-corrected chi connectivity index (χ3v) is 5.65. The lowest BCUT2D eigenvalue weighted by Gasteiger charge is -2.08. The van der Waals surface area contributed by atoms with Gasteiger partial charge in [-0.2, -0.15) is 5.10 Å².